The van der Waals surface area contributed by atoms with Gasteiger partial charge in [0.05, 0.1) is 0 Å². The molecule has 0 fully saturated rings. The van der Waals surface area contributed by atoms with Gasteiger partial charge in [-0.05, 0) is 0 Å². The van der Waals surface area contributed by atoms with Crippen LogP contribution in [0.15, 0.2) is 18.2 Å². The molecule has 0 nitrogen and oxygen atoms in total. The summed E-state index contributed by atoms with van der Waals surface area (Å²) in [6.45, 7) is 9.45. The van der Waals surface area contributed by atoms with Gasteiger partial charge in [-0.3, -0.25) is 0 Å². The first-order valence-corrected chi connectivity index (χ1v) is 7.91. The van der Waals surface area contributed by atoms with Crippen molar-refractivity contribution >= 4 is 8.07 Å². The summed E-state index contributed by atoms with van der Waals surface area (Å²) in [6, 6.07) is 7.94. The van der Waals surface area contributed by atoms with Crippen molar-refractivity contribution in [1.29, 1.82) is 0 Å². The van der Waals surface area contributed by atoms with Crippen LogP contribution >= 0.6 is 0 Å². The minimum absolute atomic E-state index is 0. The van der Waals surface area contributed by atoms with Crippen LogP contribution in [0.2, 0.25) is 19.6 Å². The fourth-order valence-corrected chi connectivity index (χ4v) is 2.86. The standard InChI is InChI=1S/C10H17Si.Ti/c1-9-6-5-7-10(9)8-11(2,3)4;/h5-7H,8H2,1-4H3;/q-1;. The van der Waals surface area contributed by atoms with Crippen molar-refractivity contribution in [1.82, 2.24) is 0 Å². The van der Waals surface area contributed by atoms with E-state index in [1.165, 1.54) is 11.6 Å². The molecule has 0 unspecified atom stereocenters. The molecule has 1 aromatic rings. The van der Waals surface area contributed by atoms with Crippen molar-refractivity contribution in [2.75, 3.05) is 0 Å². The summed E-state index contributed by atoms with van der Waals surface area (Å²) in [4.78, 5) is 0. The molecular weight excluding hydrogens is 196 g/mol. The molecule has 0 aromatic heterocycles. The maximum absolute atomic E-state index is 2.42. The Morgan fingerprint density at radius 1 is 1.33 bits per heavy atom. The number of hydrogen-bond acceptors (Lipinski definition) is 0. The average molecular weight is 213 g/mol. The quantitative estimate of drug-likeness (QED) is 0.523. The normalized spacial score (nSPS) is 11.0. The minimum Gasteiger partial charge on any atom is -0.213 e. The van der Waals surface area contributed by atoms with E-state index in [4.69, 9.17) is 0 Å². The van der Waals surface area contributed by atoms with Gasteiger partial charge in [0, 0.05) is 29.8 Å². The van der Waals surface area contributed by atoms with Crippen molar-refractivity contribution in [2.24, 2.45) is 0 Å². The molecule has 1 aromatic carbocycles. The van der Waals surface area contributed by atoms with Crippen LogP contribution in [0.5, 0.6) is 0 Å². The predicted octanol–water partition coefficient (Wildman–Crippen LogP) is 3.13. The molecule has 0 heterocycles. The molecule has 12 heavy (non-hydrogen) atoms. The minimum atomic E-state index is -0.893. The van der Waals surface area contributed by atoms with Crippen molar-refractivity contribution in [3.8, 4) is 0 Å². The summed E-state index contributed by atoms with van der Waals surface area (Å²) in [6.07, 6.45) is 0. The third-order valence-corrected chi connectivity index (χ3v) is 3.31. The Labute approximate surface area is 91.6 Å². The van der Waals surface area contributed by atoms with Gasteiger partial charge in [0.15, 0.2) is 0 Å². The van der Waals surface area contributed by atoms with E-state index in [0.717, 1.165) is 0 Å². The molecule has 2 heteroatoms. The maximum Gasteiger partial charge on any atom is 0.0465 e. The first kappa shape index (κ1) is 12.3. The van der Waals surface area contributed by atoms with E-state index >= 15 is 0 Å². The largest absolute Gasteiger partial charge is 0.213 e. The van der Waals surface area contributed by atoms with Crippen LogP contribution in [-0.2, 0) is 27.8 Å². The summed E-state index contributed by atoms with van der Waals surface area (Å²) in [5, 5.41) is 0. The van der Waals surface area contributed by atoms with Crippen LogP contribution in [0, 0.1) is 6.92 Å². The Bertz CT molecular complexity index is 232. The second-order valence-corrected chi connectivity index (χ2v) is 9.95. The molecule has 0 amide bonds. The smallest absolute Gasteiger partial charge is 0.0465 e. The molecular formula is C10H17SiTi-. The van der Waals surface area contributed by atoms with Crippen LogP contribution in [-0.4, -0.2) is 8.07 Å². The second kappa shape index (κ2) is 4.50. The summed E-state index contributed by atoms with van der Waals surface area (Å²) >= 11 is 0. The summed E-state index contributed by atoms with van der Waals surface area (Å²) in [5.74, 6) is 0. The summed E-state index contributed by atoms with van der Waals surface area (Å²) in [7, 11) is -0.893. The number of rotatable bonds is 2. The molecule has 0 saturated carbocycles. The van der Waals surface area contributed by atoms with Crippen molar-refractivity contribution < 1.29 is 21.7 Å². The van der Waals surface area contributed by atoms with Gasteiger partial charge in [-0.25, -0.2) is 12.1 Å². The van der Waals surface area contributed by atoms with Gasteiger partial charge in [-0.2, -0.15) is 17.2 Å². The third-order valence-electron chi connectivity index (χ3n) is 1.87. The van der Waals surface area contributed by atoms with E-state index in [1.54, 1.807) is 5.56 Å². The van der Waals surface area contributed by atoms with Crippen LogP contribution in [0.25, 0.3) is 0 Å². The van der Waals surface area contributed by atoms with Gasteiger partial charge in [0.1, 0.15) is 0 Å². The fourth-order valence-electron chi connectivity index (χ4n) is 1.32. The van der Waals surface area contributed by atoms with E-state index in [-0.39, 0.29) is 21.7 Å². The number of aryl methyl sites for hydroxylation is 1. The first-order valence-electron chi connectivity index (χ1n) is 4.20. The number of hydrogen-bond donors (Lipinski definition) is 0. The van der Waals surface area contributed by atoms with E-state index in [1.807, 2.05) is 0 Å². The topological polar surface area (TPSA) is 0 Å². The Morgan fingerprint density at radius 3 is 2.25 bits per heavy atom. The zero-order valence-corrected chi connectivity index (χ0v) is 11.0. The molecule has 66 valence electrons. The molecule has 0 aliphatic rings. The van der Waals surface area contributed by atoms with Gasteiger partial charge in [0.25, 0.3) is 0 Å². The second-order valence-electron chi connectivity index (χ2n) is 4.47. The van der Waals surface area contributed by atoms with Gasteiger partial charge in [-0.15, -0.1) is 0 Å². The predicted molar refractivity (Wildman–Crippen MR) is 53.8 cm³/mol. The SMILES string of the molecule is C[c-]1cccc1C[Si](C)(C)C.[Ti]. The molecule has 0 aliphatic heterocycles. The first-order chi connectivity index (χ1) is 4.99. The zero-order valence-electron chi connectivity index (χ0n) is 8.44. The van der Waals surface area contributed by atoms with E-state index in [0.29, 0.717) is 0 Å². The molecule has 0 N–H and O–H groups in total. The summed E-state index contributed by atoms with van der Waals surface area (Å²) < 4.78 is 0. The molecule has 0 atom stereocenters. The van der Waals surface area contributed by atoms with Gasteiger partial charge in [0.2, 0.25) is 0 Å². The van der Waals surface area contributed by atoms with Crippen LogP contribution in [0.3, 0.4) is 0 Å². The van der Waals surface area contributed by atoms with E-state index < -0.39 is 8.07 Å². The Balaban J connectivity index is 0.00000121. The van der Waals surface area contributed by atoms with Crippen LogP contribution in [0.4, 0.5) is 0 Å². The van der Waals surface area contributed by atoms with E-state index in [9.17, 15) is 0 Å². The third kappa shape index (κ3) is 3.79. The molecule has 0 bridgehead atoms. The molecule has 0 saturated heterocycles. The zero-order chi connectivity index (χ0) is 8.48. The molecule has 0 radical (unpaired) electrons. The molecule has 1 rings (SSSR count). The molecule has 0 spiro atoms. The molecule has 0 aliphatic carbocycles. The van der Waals surface area contributed by atoms with Crippen LogP contribution < -0.4 is 0 Å². The summed E-state index contributed by atoms with van der Waals surface area (Å²) in [5.41, 5.74) is 3.02. The van der Waals surface area contributed by atoms with Gasteiger partial charge in [-0.1, -0.05) is 32.6 Å². The van der Waals surface area contributed by atoms with Crippen molar-refractivity contribution in [2.45, 2.75) is 32.6 Å². The maximum atomic E-state index is 2.42. The van der Waals surface area contributed by atoms with Gasteiger partial charge >= 0.3 is 0 Å². The van der Waals surface area contributed by atoms with Crippen molar-refractivity contribution in [3.63, 3.8) is 0 Å². The van der Waals surface area contributed by atoms with Crippen LogP contribution in [0.1, 0.15) is 11.1 Å². The Hall–Kier alpha value is 0.281. The average Bonchev–Trinajstić information content (AvgIpc) is 2.12. The van der Waals surface area contributed by atoms with Gasteiger partial charge < -0.3 is 0 Å². The Morgan fingerprint density at radius 2 is 1.92 bits per heavy atom. The monoisotopic (exact) mass is 213 g/mol. The van der Waals surface area contributed by atoms with E-state index in [2.05, 4.69) is 44.8 Å². The Kier molecular flexibility index (Phi) is 4.60. The van der Waals surface area contributed by atoms with Crippen molar-refractivity contribution in [3.05, 3.63) is 29.3 Å². The fraction of sp³-hybridized carbons (Fsp3) is 0.500.